The van der Waals surface area contributed by atoms with E-state index in [4.69, 9.17) is 4.74 Å². The number of halogens is 2. The molecule has 0 aliphatic rings. The van der Waals surface area contributed by atoms with Crippen molar-refractivity contribution >= 4 is 45.2 Å². The Kier molecular flexibility index (Phi) is 10.1. The molecule has 0 amide bonds. The molecule has 0 aromatic rings. The summed E-state index contributed by atoms with van der Waals surface area (Å²) in [5, 5.41) is 0. The smallest absolute Gasteiger partial charge is 0.0659 e. The van der Waals surface area contributed by atoms with Gasteiger partial charge >= 0.3 is 0 Å². The second-order valence-corrected chi connectivity index (χ2v) is 7.45. The van der Waals surface area contributed by atoms with Crippen molar-refractivity contribution in [3.63, 3.8) is 0 Å². The van der Waals surface area contributed by atoms with Crippen LogP contribution in [-0.2, 0) is 4.74 Å². The predicted octanol–water partition coefficient (Wildman–Crippen LogP) is 5.77. The zero-order chi connectivity index (χ0) is 13.4. The highest BCUT2D eigenvalue weighted by Crippen LogP contribution is 2.33. The molecular weight excluding hydrogens is 438 g/mol. The summed E-state index contributed by atoms with van der Waals surface area (Å²) in [5.74, 6) is 0. The first-order chi connectivity index (χ1) is 7.95. The molecule has 0 fully saturated rings. The fourth-order valence-corrected chi connectivity index (χ4v) is 2.84. The van der Waals surface area contributed by atoms with Gasteiger partial charge in [-0.05, 0) is 61.2 Å². The van der Waals surface area contributed by atoms with Gasteiger partial charge in [0.05, 0.1) is 11.2 Å². The first kappa shape index (κ1) is 18.4. The van der Waals surface area contributed by atoms with Crippen LogP contribution in [0.4, 0.5) is 0 Å². The zero-order valence-electron chi connectivity index (χ0n) is 11.8. The van der Waals surface area contributed by atoms with Crippen molar-refractivity contribution < 1.29 is 4.74 Å². The summed E-state index contributed by atoms with van der Waals surface area (Å²) >= 11 is 4.91. The Morgan fingerprint density at radius 1 is 0.824 bits per heavy atom. The molecule has 0 N–H and O–H groups in total. The third-order valence-electron chi connectivity index (χ3n) is 3.67. The third-order valence-corrected chi connectivity index (χ3v) is 5.19. The van der Waals surface area contributed by atoms with Crippen LogP contribution in [0, 0.1) is 0 Å². The van der Waals surface area contributed by atoms with Crippen LogP contribution in [-0.4, -0.2) is 20.1 Å². The standard InChI is InChI=1S/C14H28I2O/c1-5-13(3,9-7-11-15)17-14(4,6-2)10-8-12-16/h5-12H2,1-4H3. The summed E-state index contributed by atoms with van der Waals surface area (Å²) < 4.78 is 8.98. The highest BCUT2D eigenvalue weighted by atomic mass is 127. The molecule has 17 heavy (non-hydrogen) atoms. The van der Waals surface area contributed by atoms with Crippen LogP contribution in [0.15, 0.2) is 0 Å². The molecule has 0 aromatic carbocycles. The van der Waals surface area contributed by atoms with Crippen molar-refractivity contribution in [1.82, 2.24) is 0 Å². The van der Waals surface area contributed by atoms with Gasteiger partial charge in [-0.2, -0.15) is 0 Å². The van der Waals surface area contributed by atoms with Crippen LogP contribution in [0.1, 0.15) is 66.2 Å². The number of hydrogen-bond acceptors (Lipinski definition) is 1. The maximum Gasteiger partial charge on any atom is 0.0659 e. The maximum atomic E-state index is 6.52. The minimum atomic E-state index is 0.0706. The van der Waals surface area contributed by atoms with E-state index in [0.717, 1.165) is 12.8 Å². The number of hydrogen-bond donors (Lipinski definition) is 0. The number of ether oxygens (including phenoxy) is 1. The molecule has 3 heteroatoms. The fraction of sp³-hybridized carbons (Fsp3) is 1.00. The highest BCUT2D eigenvalue weighted by Gasteiger charge is 2.32. The van der Waals surface area contributed by atoms with Crippen molar-refractivity contribution in [3.05, 3.63) is 0 Å². The summed E-state index contributed by atoms with van der Waals surface area (Å²) in [6.45, 7) is 9.08. The summed E-state index contributed by atoms with van der Waals surface area (Å²) in [6.07, 6.45) is 7.12. The van der Waals surface area contributed by atoms with Gasteiger partial charge in [0, 0.05) is 0 Å². The van der Waals surface area contributed by atoms with Crippen molar-refractivity contribution in [3.8, 4) is 0 Å². The Balaban J connectivity index is 4.47. The molecule has 0 heterocycles. The van der Waals surface area contributed by atoms with Crippen LogP contribution in [0.2, 0.25) is 0 Å². The van der Waals surface area contributed by atoms with Gasteiger partial charge in [-0.1, -0.05) is 59.0 Å². The average molecular weight is 466 g/mol. The second kappa shape index (κ2) is 9.34. The lowest BCUT2D eigenvalue weighted by Gasteiger charge is -2.40. The molecule has 0 saturated heterocycles. The first-order valence-corrected chi connectivity index (χ1v) is 9.82. The van der Waals surface area contributed by atoms with Crippen LogP contribution >= 0.6 is 45.2 Å². The number of alkyl halides is 2. The molecule has 0 aliphatic heterocycles. The van der Waals surface area contributed by atoms with Gasteiger partial charge in [0.1, 0.15) is 0 Å². The van der Waals surface area contributed by atoms with Gasteiger partial charge in [0.25, 0.3) is 0 Å². The van der Waals surface area contributed by atoms with E-state index in [1.54, 1.807) is 0 Å². The van der Waals surface area contributed by atoms with Gasteiger partial charge < -0.3 is 4.74 Å². The average Bonchev–Trinajstić information content (AvgIpc) is 2.34. The summed E-state index contributed by atoms with van der Waals surface area (Å²) in [7, 11) is 0. The molecule has 0 saturated carbocycles. The lowest BCUT2D eigenvalue weighted by molar-refractivity contribution is -0.150. The Labute approximate surface area is 135 Å². The molecule has 0 aromatic heterocycles. The molecule has 0 rings (SSSR count). The third kappa shape index (κ3) is 7.55. The lowest BCUT2D eigenvalue weighted by atomic mass is 9.91. The molecule has 104 valence electrons. The summed E-state index contributed by atoms with van der Waals surface area (Å²) in [4.78, 5) is 0. The van der Waals surface area contributed by atoms with Crippen LogP contribution in [0.25, 0.3) is 0 Å². The van der Waals surface area contributed by atoms with Crippen LogP contribution < -0.4 is 0 Å². The van der Waals surface area contributed by atoms with Crippen molar-refractivity contribution in [2.75, 3.05) is 8.86 Å². The Morgan fingerprint density at radius 3 is 1.41 bits per heavy atom. The van der Waals surface area contributed by atoms with E-state index in [2.05, 4.69) is 72.9 Å². The van der Waals surface area contributed by atoms with E-state index in [1.807, 2.05) is 0 Å². The second-order valence-electron chi connectivity index (χ2n) is 5.29. The van der Waals surface area contributed by atoms with Gasteiger partial charge in [-0.15, -0.1) is 0 Å². The minimum absolute atomic E-state index is 0.0706. The van der Waals surface area contributed by atoms with E-state index in [9.17, 15) is 0 Å². The van der Waals surface area contributed by atoms with E-state index in [1.165, 1.54) is 34.5 Å². The van der Waals surface area contributed by atoms with E-state index in [-0.39, 0.29) is 11.2 Å². The van der Waals surface area contributed by atoms with Crippen molar-refractivity contribution in [2.24, 2.45) is 0 Å². The van der Waals surface area contributed by atoms with Crippen molar-refractivity contribution in [1.29, 1.82) is 0 Å². The maximum absolute atomic E-state index is 6.52. The zero-order valence-corrected chi connectivity index (χ0v) is 16.1. The summed E-state index contributed by atoms with van der Waals surface area (Å²) in [6, 6.07) is 0. The SMILES string of the molecule is CCC(C)(CCCI)OC(C)(CC)CCCI. The normalized spacial score (nSPS) is 18.7. The van der Waals surface area contributed by atoms with E-state index < -0.39 is 0 Å². The predicted molar refractivity (Wildman–Crippen MR) is 94.7 cm³/mol. The molecule has 0 aliphatic carbocycles. The van der Waals surface area contributed by atoms with E-state index >= 15 is 0 Å². The Hall–Kier alpha value is 1.42. The summed E-state index contributed by atoms with van der Waals surface area (Å²) in [5.41, 5.74) is 0.141. The lowest BCUT2D eigenvalue weighted by Crippen LogP contribution is -2.40. The van der Waals surface area contributed by atoms with Gasteiger partial charge in [-0.25, -0.2) is 0 Å². The first-order valence-electron chi connectivity index (χ1n) is 6.77. The minimum Gasteiger partial charge on any atom is -0.369 e. The Morgan fingerprint density at radius 2 is 1.18 bits per heavy atom. The van der Waals surface area contributed by atoms with Crippen LogP contribution in [0.5, 0.6) is 0 Å². The topological polar surface area (TPSA) is 9.23 Å². The van der Waals surface area contributed by atoms with Crippen LogP contribution in [0.3, 0.4) is 0 Å². The molecule has 2 unspecified atom stereocenters. The molecule has 0 spiro atoms. The number of rotatable bonds is 10. The van der Waals surface area contributed by atoms with Gasteiger partial charge in [0.15, 0.2) is 0 Å². The molecule has 2 atom stereocenters. The highest BCUT2D eigenvalue weighted by molar-refractivity contribution is 14.1. The molecular formula is C14H28I2O. The molecule has 0 bridgehead atoms. The van der Waals surface area contributed by atoms with E-state index in [0.29, 0.717) is 0 Å². The molecule has 0 radical (unpaired) electrons. The molecule has 1 nitrogen and oxygen atoms in total. The monoisotopic (exact) mass is 466 g/mol. The van der Waals surface area contributed by atoms with Gasteiger partial charge in [-0.3, -0.25) is 0 Å². The Bertz CT molecular complexity index is 179. The fourth-order valence-electron chi connectivity index (χ4n) is 2.08. The van der Waals surface area contributed by atoms with Crippen molar-refractivity contribution in [2.45, 2.75) is 77.4 Å². The van der Waals surface area contributed by atoms with Gasteiger partial charge in [0.2, 0.25) is 0 Å². The largest absolute Gasteiger partial charge is 0.369 e. The quantitative estimate of drug-likeness (QED) is 0.294.